The van der Waals surface area contributed by atoms with Crippen LogP contribution in [0.5, 0.6) is 0 Å². The fourth-order valence-corrected chi connectivity index (χ4v) is 1.32. The van der Waals surface area contributed by atoms with E-state index in [0.717, 1.165) is 0 Å². The number of nitriles is 1. The van der Waals surface area contributed by atoms with Crippen LogP contribution < -0.4 is 5.32 Å². The van der Waals surface area contributed by atoms with Crippen molar-refractivity contribution in [2.45, 2.75) is 19.4 Å². The van der Waals surface area contributed by atoms with Gasteiger partial charge >= 0.3 is 0 Å². The molecule has 0 aliphatic rings. The van der Waals surface area contributed by atoms with Crippen LogP contribution in [-0.4, -0.2) is 16.9 Å². The lowest BCUT2D eigenvalue weighted by atomic mass is 10.2. The molecule has 5 heteroatoms. The predicted molar refractivity (Wildman–Crippen MR) is 49.3 cm³/mol. The fraction of sp³-hybridized carbons (Fsp3) is 0.375. The van der Waals surface area contributed by atoms with Gasteiger partial charge < -0.3 is 5.32 Å². The number of hydrogen-bond acceptors (Lipinski definition) is 4. The zero-order valence-electron chi connectivity index (χ0n) is 7.15. The Bertz CT molecular complexity index is 315. The third-order valence-electron chi connectivity index (χ3n) is 1.50. The number of rotatable bonds is 3. The van der Waals surface area contributed by atoms with Gasteiger partial charge in [0.1, 0.15) is 6.04 Å². The van der Waals surface area contributed by atoms with Gasteiger partial charge in [0.15, 0.2) is 5.01 Å². The molecule has 0 fully saturated rings. The summed E-state index contributed by atoms with van der Waals surface area (Å²) in [5.41, 5.74) is 0. The van der Waals surface area contributed by atoms with Crippen molar-refractivity contribution in [2.24, 2.45) is 0 Å². The van der Waals surface area contributed by atoms with E-state index >= 15 is 0 Å². The Hall–Kier alpha value is -1.41. The molecule has 4 nitrogen and oxygen atoms in total. The van der Waals surface area contributed by atoms with E-state index in [2.05, 4.69) is 10.3 Å². The van der Waals surface area contributed by atoms with E-state index < -0.39 is 6.04 Å². The van der Waals surface area contributed by atoms with Gasteiger partial charge in [-0.3, -0.25) is 4.79 Å². The molecule has 0 bridgehead atoms. The average molecular weight is 195 g/mol. The van der Waals surface area contributed by atoms with Gasteiger partial charge in [-0.15, -0.1) is 11.3 Å². The minimum absolute atomic E-state index is 0.275. The van der Waals surface area contributed by atoms with Crippen LogP contribution >= 0.6 is 11.3 Å². The Morgan fingerprint density at radius 1 is 1.92 bits per heavy atom. The monoisotopic (exact) mass is 195 g/mol. The lowest BCUT2D eigenvalue weighted by molar-refractivity contribution is 0.0944. The second-order valence-electron chi connectivity index (χ2n) is 2.40. The van der Waals surface area contributed by atoms with E-state index in [0.29, 0.717) is 11.4 Å². The minimum Gasteiger partial charge on any atom is -0.334 e. The molecule has 0 aromatic carbocycles. The molecule has 0 spiro atoms. The zero-order chi connectivity index (χ0) is 9.68. The minimum atomic E-state index is -0.420. The van der Waals surface area contributed by atoms with E-state index in [1.165, 1.54) is 11.3 Å². The molecule has 1 atom stereocenters. The van der Waals surface area contributed by atoms with Gasteiger partial charge in [-0.05, 0) is 6.42 Å². The maximum atomic E-state index is 11.3. The first-order valence-electron chi connectivity index (χ1n) is 3.88. The molecule has 1 amide bonds. The van der Waals surface area contributed by atoms with Crippen LogP contribution in [0, 0.1) is 11.3 Å². The van der Waals surface area contributed by atoms with Crippen molar-refractivity contribution in [2.75, 3.05) is 0 Å². The first-order valence-corrected chi connectivity index (χ1v) is 4.76. The third-order valence-corrected chi connectivity index (χ3v) is 2.27. The average Bonchev–Trinajstić information content (AvgIpc) is 2.66. The quantitative estimate of drug-likeness (QED) is 0.787. The van der Waals surface area contributed by atoms with E-state index in [9.17, 15) is 4.79 Å². The van der Waals surface area contributed by atoms with Crippen molar-refractivity contribution in [1.82, 2.24) is 10.3 Å². The number of thiazole rings is 1. The number of nitrogens with zero attached hydrogens (tertiary/aromatic N) is 2. The summed E-state index contributed by atoms with van der Waals surface area (Å²) >= 11 is 1.26. The van der Waals surface area contributed by atoms with Crippen LogP contribution in [0.3, 0.4) is 0 Å². The van der Waals surface area contributed by atoms with E-state index in [4.69, 9.17) is 5.26 Å². The molecule has 1 aromatic rings. The van der Waals surface area contributed by atoms with Crippen LogP contribution in [0.1, 0.15) is 23.1 Å². The number of carbonyl (C=O) groups excluding carboxylic acids is 1. The summed E-state index contributed by atoms with van der Waals surface area (Å²) in [6.45, 7) is 1.84. The highest BCUT2D eigenvalue weighted by Crippen LogP contribution is 2.03. The van der Waals surface area contributed by atoms with E-state index in [1.807, 2.05) is 13.0 Å². The Kier molecular flexibility index (Phi) is 3.41. The second-order valence-corrected chi connectivity index (χ2v) is 3.30. The Morgan fingerprint density at radius 2 is 2.69 bits per heavy atom. The maximum Gasteiger partial charge on any atom is 0.281 e. The molecule has 1 heterocycles. The molecule has 0 aliphatic heterocycles. The van der Waals surface area contributed by atoms with E-state index in [-0.39, 0.29) is 5.91 Å². The number of carbonyl (C=O) groups is 1. The number of aromatic nitrogens is 1. The molecule has 0 aliphatic carbocycles. The van der Waals surface area contributed by atoms with Crippen LogP contribution in [0.15, 0.2) is 11.6 Å². The van der Waals surface area contributed by atoms with Crippen LogP contribution in [0.25, 0.3) is 0 Å². The van der Waals surface area contributed by atoms with Crippen molar-refractivity contribution in [3.63, 3.8) is 0 Å². The summed E-state index contributed by atoms with van der Waals surface area (Å²) in [7, 11) is 0. The number of nitrogens with one attached hydrogen (secondary N) is 1. The Labute approximate surface area is 80.2 Å². The standard InChI is InChI=1S/C8H9N3OS/c1-2-6(5-9)11-7(12)8-10-3-4-13-8/h3-4,6H,2H2,1H3,(H,11,12)/t6-/m1/s1. The van der Waals surface area contributed by atoms with Crippen LogP contribution in [0.2, 0.25) is 0 Å². The van der Waals surface area contributed by atoms with Gasteiger partial charge in [0, 0.05) is 11.6 Å². The summed E-state index contributed by atoms with van der Waals surface area (Å²) in [5, 5.41) is 13.3. The highest BCUT2D eigenvalue weighted by Gasteiger charge is 2.12. The highest BCUT2D eigenvalue weighted by atomic mass is 32.1. The molecule has 0 saturated carbocycles. The van der Waals surface area contributed by atoms with Crippen molar-refractivity contribution in [1.29, 1.82) is 5.26 Å². The third kappa shape index (κ3) is 2.53. The van der Waals surface area contributed by atoms with E-state index in [1.54, 1.807) is 11.6 Å². The van der Waals surface area contributed by atoms with Gasteiger partial charge in [-0.25, -0.2) is 4.98 Å². The molecule has 68 valence electrons. The summed E-state index contributed by atoms with van der Waals surface area (Å²) < 4.78 is 0. The molecule has 0 saturated heterocycles. The molecule has 1 aromatic heterocycles. The summed E-state index contributed by atoms with van der Waals surface area (Å²) in [5.74, 6) is -0.275. The van der Waals surface area contributed by atoms with Crippen molar-refractivity contribution in [3.8, 4) is 6.07 Å². The fourth-order valence-electron chi connectivity index (χ4n) is 0.781. The molecule has 1 N–H and O–H groups in total. The number of hydrogen-bond donors (Lipinski definition) is 1. The lowest BCUT2D eigenvalue weighted by Crippen LogP contribution is -2.33. The smallest absolute Gasteiger partial charge is 0.281 e. The molecule has 0 unspecified atom stereocenters. The highest BCUT2D eigenvalue weighted by molar-refractivity contribution is 7.11. The van der Waals surface area contributed by atoms with Gasteiger partial charge in [-0.1, -0.05) is 6.92 Å². The molecular formula is C8H9N3OS. The van der Waals surface area contributed by atoms with Gasteiger partial charge in [0.05, 0.1) is 6.07 Å². The van der Waals surface area contributed by atoms with Gasteiger partial charge in [-0.2, -0.15) is 5.26 Å². The lowest BCUT2D eigenvalue weighted by Gasteiger charge is -2.06. The largest absolute Gasteiger partial charge is 0.334 e. The summed E-state index contributed by atoms with van der Waals surface area (Å²) in [6, 6.07) is 1.57. The summed E-state index contributed by atoms with van der Waals surface area (Å²) in [4.78, 5) is 15.2. The van der Waals surface area contributed by atoms with Crippen LogP contribution in [-0.2, 0) is 0 Å². The molecule has 0 radical (unpaired) electrons. The predicted octanol–water partition coefficient (Wildman–Crippen LogP) is 1.18. The molecular weight excluding hydrogens is 186 g/mol. The summed E-state index contributed by atoms with van der Waals surface area (Å²) in [6.07, 6.45) is 2.17. The zero-order valence-corrected chi connectivity index (χ0v) is 7.97. The maximum absolute atomic E-state index is 11.3. The SMILES string of the molecule is CC[C@H](C#N)NC(=O)c1nccs1. The first kappa shape index (κ1) is 9.68. The topological polar surface area (TPSA) is 65.8 Å². The van der Waals surface area contributed by atoms with Crippen molar-refractivity contribution < 1.29 is 4.79 Å². The second kappa shape index (κ2) is 4.58. The first-order chi connectivity index (χ1) is 6.27. The normalized spacial score (nSPS) is 11.7. The Morgan fingerprint density at radius 3 is 3.15 bits per heavy atom. The van der Waals surface area contributed by atoms with Crippen molar-refractivity contribution in [3.05, 3.63) is 16.6 Å². The van der Waals surface area contributed by atoms with Gasteiger partial charge in [0.25, 0.3) is 5.91 Å². The molecule has 13 heavy (non-hydrogen) atoms. The number of amides is 1. The van der Waals surface area contributed by atoms with Crippen LogP contribution in [0.4, 0.5) is 0 Å². The Balaban J connectivity index is 2.57. The van der Waals surface area contributed by atoms with Crippen molar-refractivity contribution >= 4 is 17.2 Å². The van der Waals surface area contributed by atoms with Gasteiger partial charge in [0.2, 0.25) is 0 Å². The molecule has 1 rings (SSSR count).